The van der Waals surface area contributed by atoms with Gasteiger partial charge in [-0.25, -0.2) is 0 Å². The van der Waals surface area contributed by atoms with Gasteiger partial charge in [-0.3, -0.25) is 0 Å². The highest BCUT2D eigenvalue weighted by molar-refractivity contribution is 4.91. The predicted octanol–water partition coefficient (Wildman–Crippen LogP) is 6.41. The molecular weight excluding hydrogens is 324 g/mol. The van der Waals surface area contributed by atoms with Crippen molar-refractivity contribution in [1.82, 2.24) is 0 Å². The Bertz CT molecular complexity index is 360. The smallest absolute Gasteiger partial charge is 0.104 e. The molecule has 1 aliphatic heterocycles. The van der Waals surface area contributed by atoms with E-state index in [4.69, 9.17) is 14.2 Å². The monoisotopic (exact) mass is 366 g/mol. The number of hydrogen-bond acceptors (Lipinski definition) is 3. The van der Waals surface area contributed by atoms with Crippen LogP contribution in [0.3, 0.4) is 0 Å². The van der Waals surface area contributed by atoms with E-state index in [2.05, 4.69) is 13.5 Å². The standard InChI is InChI=1S/C23H42O3/c1-3-5-16-23(26-20-22-19-25-22,21-14-10-9-11-15-21)17-12-7-6-8-13-18-24-4-2/h4,21-22H,2-3,5-20H2,1H3. The van der Waals surface area contributed by atoms with Crippen molar-refractivity contribution in [3.63, 3.8) is 0 Å². The summed E-state index contributed by atoms with van der Waals surface area (Å²) >= 11 is 0. The highest BCUT2D eigenvalue weighted by Gasteiger charge is 2.40. The average Bonchev–Trinajstić information content (AvgIpc) is 3.51. The van der Waals surface area contributed by atoms with Crippen LogP contribution in [0.25, 0.3) is 0 Å². The van der Waals surface area contributed by atoms with Gasteiger partial charge >= 0.3 is 0 Å². The molecule has 2 fully saturated rings. The number of epoxide rings is 1. The van der Waals surface area contributed by atoms with E-state index in [9.17, 15) is 0 Å². The van der Waals surface area contributed by atoms with Crippen LogP contribution in [0.15, 0.2) is 12.8 Å². The Morgan fingerprint density at radius 1 is 1.00 bits per heavy atom. The molecule has 26 heavy (non-hydrogen) atoms. The maximum atomic E-state index is 6.70. The summed E-state index contributed by atoms with van der Waals surface area (Å²) in [6.45, 7) is 8.44. The zero-order chi connectivity index (χ0) is 18.5. The van der Waals surface area contributed by atoms with E-state index in [-0.39, 0.29) is 5.60 Å². The van der Waals surface area contributed by atoms with Crippen LogP contribution in [0.4, 0.5) is 0 Å². The summed E-state index contributed by atoms with van der Waals surface area (Å²) in [6, 6.07) is 0. The first-order chi connectivity index (χ1) is 12.8. The normalized spacial score (nSPS) is 22.7. The van der Waals surface area contributed by atoms with E-state index >= 15 is 0 Å². The molecule has 0 spiro atoms. The molecule has 1 aliphatic carbocycles. The molecule has 1 saturated heterocycles. The molecule has 0 N–H and O–H groups in total. The molecule has 0 bridgehead atoms. The summed E-state index contributed by atoms with van der Waals surface area (Å²) in [7, 11) is 0. The summed E-state index contributed by atoms with van der Waals surface area (Å²) in [5, 5.41) is 0. The molecule has 2 aliphatic rings. The Hall–Kier alpha value is -0.540. The van der Waals surface area contributed by atoms with Gasteiger partial charge in [0, 0.05) is 0 Å². The fraction of sp³-hybridized carbons (Fsp3) is 0.913. The Balaban J connectivity index is 1.81. The second-order valence-corrected chi connectivity index (χ2v) is 8.32. The minimum Gasteiger partial charge on any atom is -0.502 e. The van der Waals surface area contributed by atoms with Gasteiger partial charge in [0.15, 0.2) is 0 Å². The van der Waals surface area contributed by atoms with Crippen LogP contribution in [0.5, 0.6) is 0 Å². The molecule has 152 valence electrons. The van der Waals surface area contributed by atoms with Gasteiger partial charge in [0.25, 0.3) is 0 Å². The van der Waals surface area contributed by atoms with Crippen LogP contribution in [-0.2, 0) is 14.2 Å². The van der Waals surface area contributed by atoms with Crippen LogP contribution < -0.4 is 0 Å². The summed E-state index contributed by atoms with van der Waals surface area (Å²) in [6.07, 6.45) is 20.2. The van der Waals surface area contributed by atoms with Crippen molar-refractivity contribution in [1.29, 1.82) is 0 Å². The minimum atomic E-state index is 0.119. The van der Waals surface area contributed by atoms with Gasteiger partial charge < -0.3 is 14.2 Å². The fourth-order valence-corrected chi connectivity index (χ4v) is 4.55. The number of unbranched alkanes of at least 4 members (excludes halogenated alkanes) is 5. The van der Waals surface area contributed by atoms with Crippen molar-refractivity contribution < 1.29 is 14.2 Å². The van der Waals surface area contributed by atoms with Crippen LogP contribution in [0.2, 0.25) is 0 Å². The molecule has 1 saturated carbocycles. The van der Waals surface area contributed by atoms with Crippen LogP contribution in [0.1, 0.15) is 96.8 Å². The summed E-state index contributed by atoms with van der Waals surface area (Å²) in [5.74, 6) is 0.766. The third kappa shape index (κ3) is 8.00. The molecular formula is C23H42O3. The molecule has 1 heterocycles. The highest BCUT2D eigenvalue weighted by atomic mass is 16.6. The molecule has 2 rings (SSSR count). The summed E-state index contributed by atoms with van der Waals surface area (Å²) in [5.41, 5.74) is 0.119. The molecule has 0 aromatic heterocycles. The Labute approximate surface area is 161 Å². The van der Waals surface area contributed by atoms with Gasteiger partial charge in [0.1, 0.15) is 6.10 Å². The van der Waals surface area contributed by atoms with Crippen molar-refractivity contribution in [3.05, 3.63) is 12.8 Å². The van der Waals surface area contributed by atoms with E-state index < -0.39 is 0 Å². The number of ether oxygens (including phenoxy) is 3. The van der Waals surface area contributed by atoms with Crippen molar-refractivity contribution in [2.45, 2.75) is 109 Å². The van der Waals surface area contributed by atoms with Crippen molar-refractivity contribution in [2.24, 2.45) is 5.92 Å². The van der Waals surface area contributed by atoms with E-state index in [1.54, 1.807) is 6.26 Å². The molecule has 3 nitrogen and oxygen atoms in total. The van der Waals surface area contributed by atoms with Crippen LogP contribution in [-0.4, -0.2) is 31.5 Å². The summed E-state index contributed by atoms with van der Waals surface area (Å²) < 4.78 is 17.4. The highest BCUT2D eigenvalue weighted by Crippen LogP contribution is 2.42. The Kier molecular flexibility index (Phi) is 10.7. The lowest BCUT2D eigenvalue weighted by atomic mass is 9.72. The average molecular weight is 367 g/mol. The van der Waals surface area contributed by atoms with Gasteiger partial charge in [-0.2, -0.15) is 0 Å². The van der Waals surface area contributed by atoms with E-state index in [0.717, 1.165) is 32.2 Å². The topological polar surface area (TPSA) is 31.0 Å². The quantitative estimate of drug-likeness (QED) is 0.180. The first-order valence-corrected chi connectivity index (χ1v) is 11.3. The Morgan fingerprint density at radius 2 is 1.69 bits per heavy atom. The van der Waals surface area contributed by atoms with Crippen molar-refractivity contribution in [3.8, 4) is 0 Å². The molecule has 2 unspecified atom stereocenters. The van der Waals surface area contributed by atoms with E-state index in [1.165, 1.54) is 83.5 Å². The third-order valence-corrected chi connectivity index (χ3v) is 6.24. The van der Waals surface area contributed by atoms with Crippen LogP contribution >= 0.6 is 0 Å². The molecule has 0 aromatic carbocycles. The Morgan fingerprint density at radius 3 is 2.38 bits per heavy atom. The number of hydrogen-bond donors (Lipinski definition) is 0. The van der Waals surface area contributed by atoms with Crippen molar-refractivity contribution in [2.75, 3.05) is 19.8 Å². The SMILES string of the molecule is C=COCCCCCCCC(CCCC)(OCC1CO1)C1CCCCC1. The largest absolute Gasteiger partial charge is 0.502 e. The molecule has 0 aromatic rings. The lowest BCUT2D eigenvalue weighted by Crippen LogP contribution is -2.43. The second kappa shape index (κ2) is 12.8. The van der Waals surface area contributed by atoms with Gasteiger partial charge in [-0.1, -0.05) is 71.3 Å². The maximum absolute atomic E-state index is 6.70. The maximum Gasteiger partial charge on any atom is 0.104 e. The third-order valence-electron chi connectivity index (χ3n) is 6.24. The zero-order valence-corrected chi connectivity index (χ0v) is 17.2. The fourth-order valence-electron chi connectivity index (χ4n) is 4.55. The zero-order valence-electron chi connectivity index (χ0n) is 17.2. The van der Waals surface area contributed by atoms with Gasteiger partial charge in [-0.05, 0) is 38.0 Å². The second-order valence-electron chi connectivity index (χ2n) is 8.32. The first kappa shape index (κ1) is 21.8. The number of rotatable bonds is 16. The van der Waals surface area contributed by atoms with E-state index in [1.807, 2.05) is 0 Å². The van der Waals surface area contributed by atoms with Gasteiger partial charge in [0.05, 0.1) is 31.7 Å². The predicted molar refractivity (Wildman–Crippen MR) is 108 cm³/mol. The summed E-state index contributed by atoms with van der Waals surface area (Å²) in [4.78, 5) is 0. The minimum absolute atomic E-state index is 0.119. The van der Waals surface area contributed by atoms with E-state index in [0.29, 0.717) is 6.10 Å². The molecule has 3 heteroatoms. The first-order valence-electron chi connectivity index (χ1n) is 11.3. The van der Waals surface area contributed by atoms with Crippen molar-refractivity contribution >= 4 is 0 Å². The molecule has 2 atom stereocenters. The lowest BCUT2D eigenvalue weighted by Gasteiger charge is -2.43. The lowest BCUT2D eigenvalue weighted by molar-refractivity contribution is -0.113. The molecule has 0 amide bonds. The van der Waals surface area contributed by atoms with Gasteiger partial charge in [0.2, 0.25) is 0 Å². The van der Waals surface area contributed by atoms with Crippen LogP contribution in [0, 0.1) is 5.92 Å². The van der Waals surface area contributed by atoms with Gasteiger partial charge in [-0.15, -0.1) is 0 Å². The molecule has 0 radical (unpaired) electrons.